The maximum atomic E-state index is 12.4. The molecule has 1 amide bonds. The topological polar surface area (TPSA) is 59.9 Å². The first-order valence-electron chi connectivity index (χ1n) is 9.45. The van der Waals surface area contributed by atoms with Crippen LogP contribution in [-0.4, -0.2) is 24.3 Å². The van der Waals surface area contributed by atoms with Gasteiger partial charge in [0.1, 0.15) is 6.61 Å². The number of carbonyl (C=O) groups is 1. The molecule has 2 aromatic carbocycles. The Morgan fingerprint density at radius 3 is 2.67 bits per heavy atom. The van der Waals surface area contributed by atoms with E-state index in [0.29, 0.717) is 28.2 Å². The van der Waals surface area contributed by atoms with Gasteiger partial charge in [0.15, 0.2) is 16.7 Å². The standard InChI is InChI=1S/C23H21IN2O3S/c1-4-11-29-21-18(24)12-16(13-19(21)28-6-3)14-20-22(27)26-23(30-20)25-17-9-7-15(5-2)8-10-17/h1,7-10,12-14H,5-6,11H2,2-3H3,(H,25,26,27)/b20-14-. The molecule has 7 heteroatoms. The average molecular weight is 532 g/mol. The molecule has 0 aromatic heterocycles. The minimum atomic E-state index is -0.176. The number of ether oxygens (including phenoxy) is 2. The summed E-state index contributed by atoms with van der Waals surface area (Å²) in [5.74, 6) is 3.49. The molecule has 1 fully saturated rings. The Hall–Kier alpha value is -2.44. The normalized spacial score (nSPS) is 15.9. The highest BCUT2D eigenvalue weighted by molar-refractivity contribution is 14.1. The molecule has 1 saturated heterocycles. The highest BCUT2D eigenvalue weighted by Crippen LogP contribution is 2.36. The fraction of sp³-hybridized carbons (Fsp3) is 0.217. The minimum absolute atomic E-state index is 0.161. The van der Waals surface area contributed by atoms with Gasteiger partial charge in [0.2, 0.25) is 0 Å². The number of carbonyl (C=O) groups excluding carboxylic acids is 1. The Morgan fingerprint density at radius 2 is 2.00 bits per heavy atom. The molecule has 1 heterocycles. The number of halogens is 1. The summed E-state index contributed by atoms with van der Waals surface area (Å²) in [6, 6.07) is 11.8. The zero-order chi connectivity index (χ0) is 21.5. The van der Waals surface area contributed by atoms with Crippen molar-refractivity contribution in [2.45, 2.75) is 20.3 Å². The fourth-order valence-corrected chi connectivity index (χ4v) is 4.37. The van der Waals surface area contributed by atoms with Crippen LogP contribution in [0.15, 0.2) is 46.3 Å². The summed E-state index contributed by atoms with van der Waals surface area (Å²) in [4.78, 5) is 17.5. The van der Waals surface area contributed by atoms with Crippen LogP contribution >= 0.6 is 34.4 Å². The number of aryl methyl sites for hydroxylation is 1. The van der Waals surface area contributed by atoms with E-state index >= 15 is 0 Å². The third kappa shape index (κ3) is 5.58. The Morgan fingerprint density at radius 1 is 1.23 bits per heavy atom. The van der Waals surface area contributed by atoms with Crippen molar-refractivity contribution >= 4 is 57.2 Å². The summed E-state index contributed by atoms with van der Waals surface area (Å²) in [5.41, 5.74) is 2.89. The van der Waals surface area contributed by atoms with Crippen LogP contribution in [0.3, 0.4) is 0 Å². The first-order chi connectivity index (χ1) is 14.5. The van der Waals surface area contributed by atoms with Crippen molar-refractivity contribution in [3.05, 3.63) is 56.0 Å². The Bertz CT molecular complexity index is 1040. The fourth-order valence-electron chi connectivity index (χ4n) is 2.74. The van der Waals surface area contributed by atoms with E-state index in [1.807, 2.05) is 49.4 Å². The predicted octanol–water partition coefficient (Wildman–Crippen LogP) is 5.16. The molecule has 2 aromatic rings. The highest BCUT2D eigenvalue weighted by Gasteiger charge is 2.24. The van der Waals surface area contributed by atoms with Crippen molar-refractivity contribution < 1.29 is 14.3 Å². The molecule has 0 unspecified atom stereocenters. The van der Waals surface area contributed by atoms with Crippen molar-refractivity contribution in [2.75, 3.05) is 13.2 Å². The Labute approximate surface area is 194 Å². The molecule has 0 saturated carbocycles. The average Bonchev–Trinajstić information content (AvgIpc) is 3.07. The Balaban J connectivity index is 1.84. The monoisotopic (exact) mass is 532 g/mol. The van der Waals surface area contributed by atoms with Crippen LogP contribution in [0.1, 0.15) is 25.0 Å². The number of hydrogen-bond donors (Lipinski definition) is 1. The molecule has 154 valence electrons. The molecule has 0 spiro atoms. The molecule has 3 rings (SSSR count). The van der Waals surface area contributed by atoms with Crippen molar-refractivity contribution in [3.8, 4) is 23.8 Å². The lowest BCUT2D eigenvalue weighted by molar-refractivity contribution is -0.115. The van der Waals surface area contributed by atoms with Crippen LogP contribution in [0.4, 0.5) is 5.69 Å². The van der Waals surface area contributed by atoms with Gasteiger partial charge in [-0.1, -0.05) is 25.0 Å². The molecular weight excluding hydrogens is 511 g/mol. The number of hydrogen-bond acceptors (Lipinski definition) is 5. The first kappa shape index (κ1) is 22.2. The van der Waals surface area contributed by atoms with E-state index in [4.69, 9.17) is 15.9 Å². The largest absolute Gasteiger partial charge is 0.490 e. The van der Waals surface area contributed by atoms with Gasteiger partial charge in [0.25, 0.3) is 5.91 Å². The molecule has 5 nitrogen and oxygen atoms in total. The van der Waals surface area contributed by atoms with Gasteiger partial charge in [-0.2, -0.15) is 0 Å². The second kappa shape index (κ2) is 10.5. The van der Waals surface area contributed by atoms with Crippen molar-refractivity contribution in [2.24, 2.45) is 4.99 Å². The van der Waals surface area contributed by atoms with Gasteiger partial charge in [-0.25, -0.2) is 4.99 Å². The van der Waals surface area contributed by atoms with Crippen LogP contribution in [0.25, 0.3) is 6.08 Å². The maximum Gasteiger partial charge on any atom is 0.264 e. The number of nitrogens with one attached hydrogen (secondary N) is 1. The van der Waals surface area contributed by atoms with Crippen LogP contribution in [0.5, 0.6) is 11.5 Å². The molecule has 0 radical (unpaired) electrons. The third-order valence-corrected chi connectivity index (χ3v) is 5.87. The summed E-state index contributed by atoms with van der Waals surface area (Å²) in [6.07, 6.45) is 8.10. The van der Waals surface area contributed by atoms with E-state index in [9.17, 15) is 4.79 Å². The van der Waals surface area contributed by atoms with Gasteiger partial charge in [-0.05, 0) is 89.2 Å². The summed E-state index contributed by atoms with van der Waals surface area (Å²) in [6.45, 7) is 4.66. The first-order valence-corrected chi connectivity index (χ1v) is 11.3. The second-order valence-electron chi connectivity index (χ2n) is 6.26. The van der Waals surface area contributed by atoms with E-state index in [1.54, 1.807) is 0 Å². The van der Waals surface area contributed by atoms with Gasteiger partial charge in [-0.3, -0.25) is 4.79 Å². The van der Waals surface area contributed by atoms with Gasteiger partial charge in [0.05, 0.1) is 20.8 Å². The predicted molar refractivity (Wildman–Crippen MR) is 131 cm³/mol. The molecule has 1 N–H and O–H groups in total. The van der Waals surface area contributed by atoms with E-state index in [0.717, 1.165) is 21.2 Å². The van der Waals surface area contributed by atoms with Crippen LogP contribution in [0.2, 0.25) is 0 Å². The number of amidine groups is 1. The van der Waals surface area contributed by atoms with Gasteiger partial charge in [0, 0.05) is 0 Å². The summed E-state index contributed by atoms with van der Waals surface area (Å²) in [5, 5.41) is 3.38. The number of thioether (sulfide) groups is 1. The van der Waals surface area contributed by atoms with E-state index in [1.165, 1.54) is 17.3 Å². The number of amides is 1. The number of rotatable bonds is 7. The quantitative estimate of drug-likeness (QED) is 0.304. The lowest BCUT2D eigenvalue weighted by atomic mass is 10.2. The molecule has 0 bridgehead atoms. The zero-order valence-electron chi connectivity index (χ0n) is 16.7. The maximum absolute atomic E-state index is 12.4. The zero-order valence-corrected chi connectivity index (χ0v) is 19.7. The van der Waals surface area contributed by atoms with Crippen molar-refractivity contribution in [1.29, 1.82) is 0 Å². The minimum Gasteiger partial charge on any atom is -0.490 e. The highest BCUT2D eigenvalue weighted by atomic mass is 127. The summed E-state index contributed by atoms with van der Waals surface area (Å²) in [7, 11) is 0. The van der Waals surface area contributed by atoms with E-state index < -0.39 is 0 Å². The summed E-state index contributed by atoms with van der Waals surface area (Å²) < 4.78 is 12.2. The lowest BCUT2D eigenvalue weighted by Crippen LogP contribution is -2.19. The molecule has 30 heavy (non-hydrogen) atoms. The van der Waals surface area contributed by atoms with Gasteiger partial charge < -0.3 is 14.8 Å². The molecule has 0 aliphatic carbocycles. The smallest absolute Gasteiger partial charge is 0.264 e. The molecule has 0 atom stereocenters. The number of nitrogens with zero attached hydrogens (tertiary/aromatic N) is 1. The molecule has 1 aliphatic rings. The lowest BCUT2D eigenvalue weighted by Gasteiger charge is -2.13. The molecule has 1 aliphatic heterocycles. The third-order valence-electron chi connectivity index (χ3n) is 4.16. The van der Waals surface area contributed by atoms with Gasteiger partial charge >= 0.3 is 0 Å². The number of benzene rings is 2. The van der Waals surface area contributed by atoms with Crippen LogP contribution in [-0.2, 0) is 11.2 Å². The van der Waals surface area contributed by atoms with E-state index in [2.05, 4.69) is 45.7 Å². The summed E-state index contributed by atoms with van der Waals surface area (Å²) >= 11 is 3.48. The van der Waals surface area contributed by atoms with Crippen molar-refractivity contribution in [3.63, 3.8) is 0 Å². The number of terminal acetylenes is 1. The SMILES string of the molecule is C#CCOc1c(I)cc(/C=C2\SC(=Nc3ccc(CC)cc3)NC2=O)cc1OCC. The van der Waals surface area contributed by atoms with Crippen LogP contribution in [0, 0.1) is 15.9 Å². The van der Waals surface area contributed by atoms with Crippen molar-refractivity contribution in [1.82, 2.24) is 5.32 Å². The van der Waals surface area contributed by atoms with Crippen LogP contribution < -0.4 is 14.8 Å². The van der Waals surface area contributed by atoms with Gasteiger partial charge in [-0.15, -0.1) is 6.42 Å². The Kier molecular flexibility index (Phi) is 7.82. The molecular formula is C23H21IN2O3S. The number of aliphatic imine (C=N–C) groups is 1. The second-order valence-corrected chi connectivity index (χ2v) is 8.45. The van der Waals surface area contributed by atoms with E-state index in [-0.39, 0.29) is 12.5 Å².